The second-order valence-electron chi connectivity index (χ2n) is 2.91. The van der Waals surface area contributed by atoms with Gasteiger partial charge in [0.2, 0.25) is 0 Å². The van der Waals surface area contributed by atoms with Crippen molar-refractivity contribution in [3.05, 3.63) is 28.0 Å². The second-order valence-corrected chi connectivity index (χ2v) is 3.77. The Morgan fingerprint density at radius 3 is 3.00 bits per heavy atom. The largest absolute Gasteiger partial charge is 0.384 e. The van der Waals surface area contributed by atoms with Gasteiger partial charge >= 0.3 is 0 Å². The lowest BCUT2D eigenvalue weighted by Gasteiger charge is -2.17. The lowest BCUT2D eigenvalue weighted by Crippen LogP contribution is -2.18. The van der Waals surface area contributed by atoms with Crippen molar-refractivity contribution in [3.63, 3.8) is 0 Å². The number of carbonyl (C=O) groups is 1. The molecule has 0 spiro atoms. The van der Waals surface area contributed by atoms with Crippen molar-refractivity contribution in [1.82, 2.24) is 0 Å². The molecule has 2 rings (SSSR count). The smallest absolute Gasteiger partial charge is 0.166 e. The van der Waals surface area contributed by atoms with E-state index in [2.05, 4.69) is 21.2 Å². The van der Waals surface area contributed by atoms with Crippen LogP contribution in [0.3, 0.4) is 0 Å². The van der Waals surface area contributed by atoms with Crippen LogP contribution in [0.25, 0.3) is 0 Å². The maximum absolute atomic E-state index is 13.1. The first-order valence-electron chi connectivity index (χ1n) is 3.94. The molecule has 0 atom stereocenters. The lowest BCUT2D eigenvalue weighted by molar-refractivity contribution is 0.0983. The Balaban J connectivity index is 2.58. The predicted molar refractivity (Wildman–Crippen MR) is 51.5 cm³/mol. The average molecular weight is 244 g/mol. The number of halogens is 2. The Morgan fingerprint density at radius 1 is 1.46 bits per heavy atom. The van der Waals surface area contributed by atoms with Crippen molar-refractivity contribution in [3.8, 4) is 0 Å². The molecule has 0 aromatic heterocycles. The number of benzene rings is 1. The number of rotatable bonds is 0. The van der Waals surface area contributed by atoms with Gasteiger partial charge < -0.3 is 5.32 Å². The molecule has 1 aromatic carbocycles. The minimum Gasteiger partial charge on any atom is -0.384 e. The molecular weight excluding hydrogens is 237 g/mol. The zero-order valence-corrected chi connectivity index (χ0v) is 8.32. The minimum atomic E-state index is -0.393. The highest BCUT2D eigenvalue weighted by Gasteiger charge is 2.18. The van der Waals surface area contributed by atoms with E-state index in [0.717, 1.165) is 0 Å². The fourth-order valence-corrected chi connectivity index (χ4v) is 1.71. The molecule has 0 saturated heterocycles. The Hall–Kier alpha value is -0.900. The summed E-state index contributed by atoms with van der Waals surface area (Å²) in [6.07, 6.45) is 0.439. The van der Waals surface area contributed by atoms with Crippen LogP contribution in [0.1, 0.15) is 16.8 Å². The quantitative estimate of drug-likeness (QED) is 0.759. The highest BCUT2D eigenvalue weighted by molar-refractivity contribution is 9.10. The summed E-state index contributed by atoms with van der Waals surface area (Å²) >= 11 is 3.07. The fraction of sp³-hybridized carbons (Fsp3) is 0.222. The average Bonchev–Trinajstić information content (AvgIpc) is 2.09. The molecule has 68 valence electrons. The van der Waals surface area contributed by atoms with Gasteiger partial charge in [0.1, 0.15) is 5.82 Å². The third-order valence-corrected chi connectivity index (χ3v) is 2.64. The van der Waals surface area contributed by atoms with Crippen LogP contribution < -0.4 is 5.32 Å². The fourth-order valence-electron chi connectivity index (χ4n) is 1.37. The molecule has 1 aliphatic heterocycles. The summed E-state index contributed by atoms with van der Waals surface area (Å²) in [4.78, 5) is 11.3. The molecule has 2 nitrogen and oxygen atoms in total. The Bertz CT molecular complexity index is 378. The van der Waals surface area contributed by atoms with Gasteiger partial charge in [-0.3, -0.25) is 4.79 Å². The molecular formula is C9H7BrFNO. The van der Waals surface area contributed by atoms with E-state index < -0.39 is 5.82 Å². The van der Waals surface area contributed by atoms with E-state index >= 15 is 0 Å². The Labute approximate surface area is 83.3 Å². The van der Waals surface area contributed by atoms with Crippen molar-refractivity contribution in [2.45, 2.75) is 6.42 Å². The van der Waals surface area contributed by atoms with Gasteiger partial charge in [-0.2, -0.15) is 0 Å². The van der Waals surface area contributed by atoms with Gasteiger partial charge in [0.15, 0.2) is 5.78 Å². The molecule has 0 amide bonds. The molecule has 0 bridgehead atoms. The Morgan fingerprint density at radius 2 is 2.23 bits per heavy atom. The Kier molecular flexibility index (Phi) is 2.07. The summed E-state index contributed by atoms with van der Waals surface area (Å²) in [5.41, 5.74) is 1.16. The number of nitrogens with one attached hydrogen (secondary N) is 1. The van der Waals surface area contributed by atoms with Crippen LogP contribution in [0, 0.1) is 5.82 Å². The topological polar surface area (TPSA) is 29.1 Å². The van der Waals surface area contributed by atoms with Gasteiger partial charge in [-0.1, -0.05) is 0 Å². The maximum Gasteiger partial charge on any atom is 0.166 e. The first-order chi connectivity index (χ1) is 6.18. The lowest BCUT2D eigenvalue weighted by atomic mass is 10.0. The van der Waals surface area contributed by atoms with Crippen LogP contribution >= 0.6 is 15.9 Å². The first kappa shape index (κ1) is 8.69. The summed E-state index contributed by atoms with van der Waals surface area (Å²) in [7, 11) is 0. The summed E-state index contributed by atoms with van der Waals surface area (Å²) in [5.74, 6) is -0.393. The monoisotopic (exact) mass is 243 g/mol. The van der Waals surface area contributed by atoms with Gasteiger partial charge in [-0.25, -0.2) is 4.39 Å². The van der Waals surface area contributed by atoms with Crippen molar-refractivity contribution >= 4 is 27.4 Å². The molecule has 0 fully saturated rings. The molecule has 4 heteroatoms. The molecule has 0 saturated carbocycles. The molecule has 1 N–H and O–H groups in total. The van der Waals surface area contributed by atoms with Crippen LogP contribution in [0.2, 0.25) is 0 Å². The molecule has 1 aliphatic rings. The van der Waals surface area contributed by atoms with Crippen LogP contribution in [-0.4, -0.2) is 12.3 Å². The van der Waals surface area contributed by atoms with E-state index in [-0.39, 0.29) is 5.78 Å². The number of fused-ring (bicyclic) bond motifs is 1. The van der Waals surface area contributed by atoms with Crippen molar-refractivity contribution in [2.24, 2.45) is 0 Å². The van der Waals surface area contributed by atoms with Crippen LogP contribution in [-0.2, 0) is 0 Å². The number of Topliss-reactive ketones (excluding diaryl/α,β-unsaturated/α-hetero) is 1. The van der Waals surface area contributed by atoms with Gasteiger partial charge in [0.05, 0.1) is 4.47 Å². The van der Waals surface area contributed by atoms with Gasteiger partial charge in [-0.15, -0.1) is 0 Å². The highest BCUT2D eigenvalue weighted by Crippen LogP contribution is 2.27. The van der Waals surface area contributed by atoms with E-state index in [1.54, 1.807) is 6.07 Å². The summed E-state index contributed by atoms with van der Waals surface area (Å²) in [5, 5.41) is 3.04. The van der Waals surface area contributed by atoms with Crippen LogP contribution in [0.15, 0.2) is 16.6 Å². The highest BCUT2D eigenvalue weighted by atomic mass is 79.9. The summed E-state index contributed by atoms with van der Waals surface area (Å²) in [6.45, 7) is 0.629. The molecule has 13 heavy (non-hydrogen) atoms. The van der Waals surface area contributed by atoms with Crippen LogP contribution in [0.5, 0.6) is 0 Å². The number of hydrogen-bond donors (Lipinski definition) is 1. The normalized spacial score (nSPS) is 15.1. The van der Waals surface area contributed by atoms with Crippen molar-refractivity contribution in [1.29, 1.82) is 0 Å². The van der Waals surface area contributed by atoms with Crippen LogP contribution in [0.4, 0.5) is 10.1 Å². The van der Waals surface area contributed by atoms with E-state index in [1.165, 1.54) is 6.07 Å². The maximum atomic E-state index is 13.1. The molecule has 1 heterocycles. The number of ketones is 1. The van der Waals surface area contributed by atoms with Gasteiger partial charge in [-0.05, 0) is 28.1 Å². The van der Waals surface area contributed by atoms with Gasteiger partial charge in [0.25, 0.3) is 0 Å². The van der Waals surface area contributed by atoms with Gasteiger partial charge in [0, 0.05) is 24.2 Å². The zero-order valence-electron chi connectivity index (χ0n) is 6.73. The second kappa shape index (κ2) is 3.10. The zero-order chi connectivity index (χ0) is 9.42. The summed E-state index contributed by atoms with van der Waals surface area (Å²) in [6, 6.07) is 2.87. The number of hydrogen-bond acceptors (Lipinski definition) is 2. The SMILES string of the molecule is O=C1CCNc2cc(Br)c(F)cc21. The first-order valence-corrected chi connectivity index (χ1v) is 4.74. The van der Waals surface area contributed by atoms with E-state index in [0.29, 0.717) is 28.7 Å². The number of anilines is 1. The summed E-state index contributed by atoms with van der Waals surface area (Å²) < 4.78 is 13.4. The molecule has 0 radical (unpaired) electrons. The standard InChI is InChI=1S/C9H7BrFNO/c10-6-4-8-5(3-7(6)11)9(13)1-2-12-8/h3-4,12H,1-2H2. The number of carbonyl (C=O) groups excluding carboxylic acids is 1. The third-order valence-electron chi connectivity index (χ3n) is 2.03. The van der Waals surface area contributed by atoms with E-state index in [4.69, 9.17) is 0 Å². The minimum absolute atomic E-state index is 0.000139. The molecule has 1 aromatic rings. The van der Waals surface area contributed by atoms with Crippen molar-refractivity contribution < 1.29 is 9.18 Å². The molecule has 0 unspecified atom stereocenters. The van der Waals surface area contributed by atoms with Crippen molar-refractivity contribution in [2.75, 3.05) is 11.9 Å². The predicted octanol–water partition coefficient (Wildman–Crippen LogP) is 2.59. The van der Waals surface area contributed by atoms with E-state index in [9.17, 15) is 9.18 Å². The third kappa shape index (κ3) is 1.46. The molecule has 0 aliphatic carbocycles. The van der Waals surface area contributed by atoms with E-state index in [1.807, 2.05) is 0 Å².